The summed E-state index contributed by atoms with van der Waals surface area (Å²) in [5.41, 5.74) is 2.86. The van der Waals surface area contributed by atoms with E-state index in [9.17, 15) is 4.79 Å². The van der Waals surface area contributed by atoms with Crippen LogP contribution in [0.25, 0.3) is 0 Å². The first-order chi connectivity index (χ1) is 10.5. The molecule has 0 spiro atoms. The molecule has 0 bridgehead atoms. The Kier molecular flexibility index (Phi) is 3.65. The number of benzene rings is 2. The Bertz CT molecular complexity index is 679. The zero-order valence-corrected chi connectivity index (χ0v) is 13.3. The van der Waals surface area contributed by atoms with E-state index in [4.69, 9.17) is 0 Å². The summed E-state index contributed by atoms with van der Waals surface area (Å²) >= 11 is 0. The fourth-order valence-corrected chi connectivity index (χ4v) is 3.47. The molecule has 0 fully saturated rings. The van der Waals surface area contributed by atoms with Crippen molar-refractivity contribution in [2.24, 2.45) is 0 Å². The Morgan fingerprint density at radius 1 is 1.09 bits per heavy atom. The molecule has 0 aromatic heterocycles. The second kappa shape index (κ2) is 5.48. The number of fused-ring (bicyclic) bond motifs is 1. The Morgan fingerprint density at radius 3 is 2.45 bits per heavy atom. The molecule has 3 heteroatoms. The van der Waals surface area contributed by atoms with E-state index in [1.807, 2.05) is 53.4 Å². The van der Waals surface area contributed by atoms with Crippen molar-refractivity contribution in [3.63, 3.8) is 0 Å². The zero-order valence-electron chi connectivity index (χ0n) is 13.3. The number of para-hydroxylation sites is 2. The minimum absolute atomic E-state index is 0.0736. The number of carbonyl (C=O) groups is 1. The second-order valence-electron chi connectivity index (χ2n) is 6.61. The highest BCUT2D eigenvalue weighted by atomic mass is 16.2. The van der Waals surface area contributed by atoms with Gasteiger partial charge in [0.1, 0.15) is 0 Å². The standard InChI is InChI=1S/C19H22N2O/c1-14-13-19(2,3)21(17-12-8-7-11-16(14)17)18(22)20-15-9-5-4-6-10-15/h4-12,14H,13H2,1-3H3,(H,20,22)/t14-/m0/s1. The number of urea groups is 1. The quantitative estimate of drug-likeness (QED) is 0.787. The van der Waals surface area contributed by atoms with E-state index in [1.165, 1.54) is 5.56 Å². The van der Waals surface area contributed by atoms with Gasteiger partial charge in [0.25, 0.3) is 0 Å². The first-order valence-electron chi connectivity index (χ1n) is 7.74. The predicted molar refractivity (Wildman–Crippen MR) is 91.5 cm³/mol. The van der Waals surface area contributed by atoms with Gasteiger partial charge in [-0.2, -0.15) is 0 Å². The fraction of sp³-hybridized carbons (Fsp3) is 0.316. The lowest BCUT2D eigenvalue weighted by atomic mass is 9.80. The highest BCUT2D eigenvalue weighted by Crippen LogP contribution is 2.43. The van der Waals surface area contributed by atoms with Crippen LogP contribution in [-0.2, 0) is 0 Å². The van der Waals surface area contributed by atoms with E-state index < -0.39 is 0 Å². The molecule has 22 heavy (non-hydrogen) atoms. The number of carbonyl (C=O) groups excluding carboxylic acids is 1. The van der Waals surface area contributed by atoms with Crippen molar-refractivity contribution >= 4 is 17.4 Å². The van der Waals surface area contributed by atoms with Gasteiger partial charge >= 0.3 is 6.03 Å². The third-order valence-corrected chi connectivity index (χ3v) is 4.35. The van der Waals surface area contributed by atoms with Crippen LogP contribution < -0.4 is 10.2 Å². The maximum Gasteiger partial charge on any atom is 0.326 e. The van der Waals surface area contributed by atoms with Crippen molar-refractivity contribution in [1.29, 1.82) is 0 Å². The Labute approximate surface area is 132 Å². The summed E-state index contributed by atoms with van der Waals surface area (Å²) < 4.78 is 0. The number of hydrogen-bond acceptors (Lipinski definition) is 1. The first kappa shape index (κ1) is 14.6. The molecule has 0 unspecified atom stereocenters. The molecule has 0 aliphatic carbocycles. The van der Waals surface area contributed by atoms with Crippen LogP contribution in [0.2, 0.25) is 0 Å². The van der Waals surface area contributed by atoms with Gasteiger partial charge < -0.3 is 5.32 Å². The molecule has 2 amide bonds. The van der Waals surface area contributed by atoms with E-state index in [-0.39, 0.29) is 11.6 Å². The van der Waals surface area contributed by atoms with Crippen molar-refractivity contribution in [2.75, 3.05) is 10.2 Å². The largest absolute Gasteiger partial charge is 0.326 e. The average molecular weight is 294 g/mol. The Balaban J connectivity index is 1.97. The normalized spacial score (nSPS) is 19.4. The Morgan fingerprint density at radius 2 is 1.73 bits per heavy atom. The predicted octanol–water partition coefficient (Wildman–Crippen LogP) is 5.01. The highest BCUT2D eigenvalue weighted by Gasteiger charge is 2.39. The van der Waals surface area contributed by atoms with E-state index in [0.717, 1.165) is 17.8 Å². The number of nitrogens with one attached hydrogen (secondary N) is 1. The van der Waals surface area contributed by atoms with Crippen LogP contribution >= 0.6 is 0 Å². The molecular formula is C19H22N2O. The van der Waals surface area contributed by atoms with Crippen molar-refractivity contribution in [3.05, 3.63) is 60.2 Å². The summed E-state index contributed by atoms with van der Waals surface area (Å²) in [6, 6.07) is 17.7. The zero-order chi connectivity index (χ0) is 15.7. The average Bonchev–Trinajstić information content (AvgIpc) is 2.47. The van der Waals surface area contributed by atoms with Crippen molar-refractivity contribution in [1.82, 2.24) is 0 Å². The van der Waals surface area contributed by atoms with Crippen LogP contribution in [0.3, 0.4) is 0 Å². The van der Waals surface area contributed by atoms with E-state index in [2.05, 4.69) is 32.2 Å². The van der Waals surface area contributed by atoms with Crippen molar-refractivity contribution in [3.8, 4) is 0 Å². The molecule has 1 atom stereocenters. The monoisotopic (exact) mass is 294 g/mol. The van der Waals surface area contributed by atoms with Gasteiger partial charge in [0.2, 0.25) is 0 Å². The fourth-order valence-electron chi connectivity index (χ4n) is 3.47. The van der Waals surface area contributed by atoms with Gasteiger partial charge in [-0.1, -0.05) is 43.3 Å². The third-order valence-electron chi connectivity index (χ3n) is 4.35. The number of rotatable bonds is 1. The minimum atomic E-state index is -0.216. The molecule has 0 saturated heterocycles. The maximum atomic E-state index is 12.9. The van der Waals surface area contributed by atoms with E-state index >= 15 is 0 Å². The molecule has 0 saturated carbocycles. The molecule has 1 aliphatic rings. The van der Waals surface area contributed by atoms with Gasteiger partial charge in [0.15, 0.2) is 0 Å². The van der Waals surface area contributed by atoms with Crippen LogP contribution in [0.1, 0.15) is 38.7 Å². The molecule has 3 nitrogen and oxygen atoms in total. The van der Waals surface area contributed by atoms with Crippen molar-refractivity contribution in [2.45, 2.75) is 38.6 Å². The van der Waals surface area contributed by atoms with Gasteiger partial charge in [0, 0.05) is 16.9 Å². The van der Waals surface area contributed by atoms with Crippen molar-refractivity contribution < 1.29 is 4.79 Å². The number of amides is 2. The molecule has 2 aromatic rings. The maximum absolute atomic E-state index is 12.9. The van der Waals surface area contributed by atoms with Gasteiger partial charge in [-0.15, -0.1) is 0 Å². The summed E-state index contributed by atoms with van der Waals surface area (Å²) in [6.07, 6.45) is 0.951. The van der Waals surface area contributed by atoms with Crippen LogP contribution in [0.5, 0.6) is 0 Å². The minimum Gasteiger partial charge on any atom is -0.308 e. The summed E-state index contributed by atoms with van der Waals surface area (Å²) in [6.45, 7) is 6.49. The van der Waals surface area contributed by atoms with Crippen LogP contribution in [0.4, 0.5) is 16.2 Å². The lowest BCUT2D eigenvalue weighted by Crippen LogP contribution is -2.53. The SMILES string of the molecule is C[C@H]1CC(C)(C)N(C(=O)Nc2ccccc2)c2ccccc21. The summed E-state index contributed by atoms with van der Waals surface area (Å²) in [7, 11) is 0. The Hall–Kier alpha value is -2.29. The van der Waals surface area contributed by atoms with Gasteiger partial charge in [-0.3, -0.25) is 4.90 Å². The van der Waals surface area contributed by atoms with Crippen LogP contribution in [-0.4, -0.2) is 11.6 Å². The summed E-state index contributed by atoms with van der Waals surface area (Å²) in [5.74, 6) is 0.451. The lowest BCUT2D eigenvalue weighted by Gasteiger charge is -2.45. The van der Waals surface area contributed by atoms with E-state index in [1.54, 1.807) is 0 Å². The van der Waals surface area contributed by atoms with Gasteiger partial charge in [-0.05, 0) is 49.9 Å². The molecular weight excluding hydrogens is 272 g/mol. The molecule has 114 valence electrons. The number of hydrogen-bond donors (Lipinski definition) is 1. The first-order valence-corrected chi connectivity index (χ1v) is 7.74. The molecule has 1 aliphatic heterocycles. The van der Waals surface area contributed by atoms with E-state index in [0.29, 0.717) is 5.92 Å². The van der Waals surface area contributed by atoms with Crippen LogP contribution in [0, 0.1) is 0 Å². The summed E-state index contributed by atoms with van der Waals surface area (Å²) in [5, 5.41) is 3.01. The smallest absolute Gasteiger partial charge is 0.308 e. The van der Waals surface area contributed by atoms with Crippen LogP contribution in [0.15, 0.2) is 54.6 Å². The van der Waals surface area contributed by atoms with Gasteiger partial charge in [0.05, 0.1) is 0 Å². The molecule has 2 aromatic carbocycles. The topological polar surface area (TPSA) is 32.3 Å². The summed E-state index contributed by atoms with van der Waals surface area (Å²) in [4.78, 5) is 14.8. The molecule has 1 heterocycles. The molecule has 1 N–H and O–H groups in total. The van der Waals surface area contributed by atoms with Gasteiger partial charge in [-0.25, -0.2) is 4.79 Å². The highest BCUT2D eigenvalue weighted by molar-refractivity contribution is 6.03. The lowest BCUT2D eigenvalue weighted by molar-refractivity contribution is 0.247. The number of anilines is 2. The third kappa shape index (κ3) is 2.59. The number of nitrogens with zero attached hydrogens (tertiary/aromatic N) is 1. The molecule has 3 rings (SSSR count). The molecule has 0 radical (unpaired) electrons. The second-order valence-corrected chi connectivity index (χ2v) is 6.61.